The van der Waals surface area contributed by atoms with Gasteiger partial charge in [-0.05, 0) is 44.4 Å². The zero-order chi connectivity index (χ0) is 16.2. The quantitative estimate of drug-likeness (QED) is 0.904. The van der Waals surface area contributed by atoms with Crippen LogP contribution in [0.25, 0.3) is 0 Å². The number of nitrogens with zero attached hydrogens (tertiary/aromatic N) is 1. The predicted molar refractivity (Wildman–Crippen MR) is 86.3 cm³/mol. The van der Waals surface area contributed by atoms with Crippen molar-refractivity contribution in [1.82, 2.24) is 9.62 Å². The number of piperidine rings is 1. The summed E-state index contributed by atoms with van der Waals surface area (Å²) in [6.07, 6.45) is 3.68. The van der Waals surface area contributed by atoms with Crippen LogP contribution in [0.15, 0.2) is 29.2 Å². The minimum atomic E-state index is -3.53. The molecule has 2 rings (SSSR count). The highest BCUT2D eigenvalue weighted by Crippen LogP contribution is 2.25. The second kappa shape index (κ2) is 7.24. The van der Waals surface area contributed by atoms with Crippen LogP contribution in [-0.4, -0.2) is 37.8 Å². The topological polar surface area (TPSA) is 66.5 Å². The zero-order valence-electron chi connectivity index (χ0n) is 13.2. The first kappa shape index (κ1) is 17.0. The van der Waals surface area contributed by atoms with Crippen LogP contribution in [0.2, 0.25) is 0 Å². The molecule has 1 heterocycles. The Balaban J connectivity index is 2.26. The first-order valence-electron chi connectivity index (χ1n) is 7.87. The Morgan fingerprint density at radius 1 is 1.36 bits per heavy atom. The lowest BCUT2D eigenvalue weighted by molar-refractivity contribution is 0.0953. The van der Waals surface area contributed by atoms with Crippen LogP contribution in [0.4, 0.5) is 0 Å². The van der Waals surface area contributed by atoms with Crippen LogP contribution < -0.4 is 5.32 Å². The fourth-order valence-corrected chi connectivity index (χ4v) is 4.45. The second-order valence-electron chi connectivity index (χ2n) is 5.74. The molecule has 5 nitrogen and oxygen atoms in total. The average molecular weight is 324 g/mol. The normalized spacial score (nSPS) is 19.8. The summed E-state index contributed by atoms with van der Waals surface area (Å²) in [5.41, 5.74) is 0.388. The number of rotatable bonds is 5. The van der Waals surface area contributed by atoms with E-state index < -0.39 is 10.0 Å². The van der Waals surface area contributed by atoms with Gasteiger partial charge >= 0.3 is 0 Å². The maximum Gasteiger partial charge on any atom is 0.251 e. The van der Waals surface area contributed by atoms with Gasteiger partial charge in [0.05, 0.1) is 4.90 Å². The fourth-order valence-electron chi connectivity index (χ4n) is 2.70. The monoisotopic (exact) mass is 324 g/mol. The molecule has 1 amide bonds. The van der Waals surface area contributed by atoms with Crippen molar-refractivity contribution in [2.24, 2.45) is 0 Å². The predicted octanol–water partition coefficient (Wildman–Crippen LogP) is 2.39. The van der Waals surface area contributed by atoms with Gasteiger partial charge in [-0.15, -0.1) is 0 Å². The molecule has 0 aliphatic carbocycles. The molecule has 0 spiro atoms. The number of sulfonamides is 1. The Kier molecular flexibility index (Phi) is 5.58. The molecule has 1 fully saturated rings. The van der Waals surface area contributed by atoms with Crippen molar-refractivity contribution in [3.8, 4) is 0 Å². The number of hydrogen-bond donors (Lipinski definition) is 1. The first-order chi connectivity index (χ1) is 10.5. The van der Waals surface area contributed by atoms with E-state index in [1.165, 1.54) is 6.07 Å². The highest BCUT2D eigenvalue weighted by molar-refractivity contribution is 7.89. The molecule has 1 atom stereocenters. The largest absolute Gasteiger partial charge is 0.352 e. The molecule has 0 radical (unpaired) electrons. The molecule has 0 bridgehead atoms. The molecule has 1 aliphatic rings. The van der Waals surface area contributed by atoms with Crippen LogP contribution in [0.5, 0.6) is 0 Å². The Morgan fingerprint density at radius 3 is 2.82 bits per heavy atom. The van der Waals surface area contributed by atoms with Crippen molar-refractivity contribution in [3.63, 3.8) is 0 Å². The van der Waals surface area contributed by atoms with Gasteiger partial charge in [-0.25, -0.2) is 8.42 Å². The third-order valence-corrected chi connectivity index (χ3v) is 5.99. The van der Waals surface area contributed by atoms with E-state index in [2.05, 4.69) is 5.32 Å². The van der Waals surface area contributed by atoms with Gasteiger partial charge in [0.2, 0.25) is 10.0 Å². The van der Waals surface area contributed by atoms with E-state index in [0.29, 0.717) is 18.7 Å². The fraction of sp³-hybridized carbons (Fsp3) is 0.562. The average Bonchev–Trinajstić information content (AvgIpc) is 2.53. The molecule has 122 valence electrons. The second-order valence-corrected chi connectivity index (χ2v) is 7.63. The number of amides is 1. The van der Waals surface area contributed by atoms with E-state index in [1.807, 2.05) is 13.8 Å². The molecule has 1 aliphatic heterocycles. The third-order valence-electron chi connectivity index (χ3n) is 3.98. The maximum atomic E-state index is 12.8. The number of hydrogen-bond acceptors (Lipinski definition) is 3. The number of carbonyl (C=O) groups is 1. The van der Waals surface area contributed by atoms with Gasteiger partial charge in [0.1, 0.15) is 0 Å². The number of benzene rings is 1. The first-order valence-corrected chi connectivity index (χ1v) is 9.31. The SMILES string of the molecule is CCCNC(=O)c1cccc(S(=O)(=O)N2CCCCC2C)c1. The van der Waals surface area contributed by atoms with E-state index in [-0.39, 0.29) is 16.8 Å². The summed E-state index contributed by atoms with van der Waals surface area (Å²) in [6.45, 7) is 5.04. The summed E-state index contributed by atoms with van der Waals surface area (Å²) in [4.78, 5) is 12.2. The number of carbonyl (C=O) groups excluding carboxylic acids is 1. The summed E-state index contributed by atoms with van der Waals surface area (Å²) in [5, 5.41) is 2.77. The molecule has 0 saturated carbocycles. The van der Waals surface area contributed by atoms with Gasteiger partial charge in [-0.3, -0.25) is 4.79 Å². The lowest BCUT2D eigenvalue weighted by atomic mass is 10.1. The standard InChI is InChI=1S/C16H24N2O3S/c1-3-10-17-16(19)14-8-6-9-15(12-14)22(20,21)18-11-5-4-7-13(18)2/h6,8-9,12-13H,3-5,7,10-11H2,1-2H3,(H,17,19). The van der Waals surface area contributed by atoms with Crippen molar-refractivity contribution in [2.75, 3.05) is 13.1 Å². The van der Waals surface area contributed by atoms with E-state index in [9.17, 15) is 13.2 Å². The Bertz CT molecular complexity index is 628. The van der Waals surface area contributed by atoms with Gasteiger partial charge < -0.3 is 5.32 Å². The van der Waals surface area contributed by atoms with Gasteiger partial charge in [0, 0.05) is 24.7 Å². The van der Waals surface area contributed by atoms with Crippen molar-refractivity contribution in [1.29, 1.82) is 0 Å². The third kappa shape index (κ3) is 3.67. The molecule has 22 heavy (non-hydrogen) atoms. The highest BCUT2D eigenvalue weighted by Gasteiger charge is 2.31. The summed E-state index contributed by atoms with van der Waals surface area (Å²) < 4.78 is 27.1. The highest BCUT2D eigenvalue weighted by atomic mass is 32.2. The lowest BCUT2D eigenvalue weighted by Crippen LogP contribution is -2.42. The van der Waals surface area contributed by atoms with E-state index in [1.54, 1.807) is 22.5 Å². The Hall–Kier alpha value is -1.40. The van der Waals surface area contributed by atoms with Crippen LogP contribution in [0, 0.1) is 0 Å². The molecular formula is C16H24N2O3S. The van der Waals surface area contributed by atoms with Crippen LogP contribution in [0.3, 0.4) is 0 Å². The molecular weight excluding hydrogens is 300 g/mol. The molecule has 0 aromatic heterocycles. The molecule has 1 unspecified atom stereocenters. The molecule has 1 saturated heterocycles. The maximum absolute atomic E-state index is 12.8. The van der Waals surface area contributed by atoms with Gasteiger partial charge in [-0.2, -0.15) is 4.31 Å². The molecule has 6 heteroatoms. The van der Waals surface area contributed by atoms with Crippen molar-refractivity contribution >= 4 is 15.9 Å². The summed E-state index contributed by atoms with van der Waals surface area (Å²) in [7, 11) is -3.53. The Morgan fingerprint density at radius 2 is 2.14 bits per heavy atom. The van der Waals surface area contributed by atoms with Gasteiger partial charge in [0.25, 0.3) is 5.91 Å². The zero-order valence-corrected chi connectivity index (χ0v) is 14.0. The van der Waals surface area contributed by atoms with E-state index in [4.69, 9.17) is 0 Å². The summed E-state index contributed by atoms with van der Waals surface area (Å²) >= 11 is 0. The molecule has 1 aromatic rings. The van der Waals surface area contributed by atoms with Crippen LogP contribution in [0.1, 0.15) is 49.9 Å². The Labute approximate surface area is 132 Å². The van der Waals surface area contributed by atoms with Crippen LogP contribution >= 0.6 is 0 Å². The summed E-state index contributed by atoms with van der Waals surface area (Å²) in [5.74, 6) is -0.231. The van der Waals surface area contributed by atoms with Crippen molar-refractivity contribution in [3.05, 3.63) is 29.8 Å². The smallest absolute Gasteiger partial charge is 0.251 e. The minimum absolute atomic E-state index is 0.0105. The molecule has 1 aromatic carbocycles. The van der Waals surface area contributed by atoms with E-state index in [0.717, 1.165) is 25.7 Å². The summed E-state index contributed by atoms with van der Waals surface area (Å²) in [6, 6.07) is 6.32. The minimum Gasteiger partial charge on any atom is -0.352 e. The van der Waals surface area contributed by atoms with Crippen molar-refractivity contribution in [2.45, 2.75) is 50.5 Å². The lowest BCUT2D eigenvalue weighted by Gasteiger charge is -2.32. The van der Waals surface area contributed by atoms with Gasteiger partial charge in [0.15, 0.2) is 0 Å². The van der Waals surface area contributed by atoms with E-state index >= 15 is 0 Å². The van der Waals surface area contributed by atoms with Crippen LogP contribution in [-0.2, 0) is 10.0 Å². The molecule has 1 N–H and O–H groups in total. The van der Waals surface area contributed by atoms with Crippen molar-refractivity contribution < 1.29 is 13.2 Å². The van der Waals surface area contributed by atoms with Gasteiger partial charge in [-0.1, -0.05) is 19.4 Å². The number of nitrogens with one attached hydrogen (secondary N) is 1.